The topological polar surface area (TPSA) is 32.3 Å². The molecule has 0 unspecified atom stereocenters. The van der Waals surface area contributed by atoms with E-state index in [1.807, 2.05) is 0 Å². The summed E-state index contributed by atoms with van der Waals surface area (Å²) in [6.45, 7) is 6.38. The highest BCUT2D eigenvalue weighted by Gasteiger charge is 2.29. The van der Waals surface area contributed by atoms with Gasteiger partial charge < -0.3 is 10.4 Å². The molecule has 0 saturated carbocycles. The van der Waals surface area contributed by atoms with Crippen molar-refractivity contribution in [1.82, 2.24) is 5.32 Å². The van der Waals surface area contributed by atoms with Crippen molar-refractivity contribution < 1.29 is 5.11 Å². The Morgan fingerprint density at radius 3 is 2.50 bits per heavy atom. The van der Waals surface area contributed by atoms with Crippen LogP contribution in [0, 0.1) is 0 Å². The van der Waals surface area contributed by atoms with Crippen LogP contribution in [0.5, 0.6) is 0 Å². The molecule has 0 aromatic heterocycles. The molecular weight excluding hydrogens is 126 g/mol. The Bertz CT molecular complexity index is 110. The van der Waals surface area contributed by atoms with Crippen LogP contribution in [0.4, 0.5) is 0 Å². The van der Waals surface area contributed by atoms with Crippen molar-refractivity contribution in [3.05, 3.63) is 0 Å². The monoisotopic (exact) mass is 143 g/mol. The van der Waals surface area contributed by atoms with Gasteiger partial charge in [-0.25, -0.2) is 0 Å². The molecule has 1 saturated heterocycles. The maximum atomic E-state index is 9.38. The Morgan fingerprint density at radius 2 is 2.10 bits per heavy atom. The van der Waals surface area contributed by atoms with Crippen LogP contribution in [0.25, 0.3) is 0 Å². The number of hydrogen-bond acceptors (Lipinski definition) is 2. The summed E-state index contributed by atoms with van der Waals surface area (Å²) in [7, 11) is 0. The van der Waals surface area contributed by atoms with E-state index >= 15 is 0 Å². The molecule has 0 aliphatic carbocycles. The first kappa shape index (κ1) is 8.02. The lowest BCUT2D eigenvalue weighted by Gasteiger charge is -2.38. The van der Waals surface area contributed by atoms with Crippen LogP contribution in [0.2, 0.25) is 0 Å². The molecule has 0 aromatic rings. The molecule has 2 atom stereocenters. The molecule has 2 nitrogen and oxygen atoms in total. The second kappa shape index (κ2) is 2.51. The van der Waals surface area contributed by atoms with Gasteiger partial charge in [0.05, 0.1) is 6.10 Å². The third kappa shape index (κ3) is 1.96. The van der Waals surface area contributed by atoms with Crippen molar-refractivity contribution in [2.45, 2.75) is 51.3 Å². The third-order valence-electron chi connectivity index (χ3n) is 2.01. The predicted molar refractivity (Wildman–Crippen MR) is 41.9 cm³/mol. The van der Waals surface area contributed by atoms with Crippen LogP contribution >= 0.6 is 0 Å². The van der Waals surface area contributed by atoms with E-state index in [9.17, 15) is 5.11 Å². The number of hydrogen-bond donors (Lipinski definition) is 2. The summed E-state index contributed by atoms with van der Waals surface area (Å²) in [6.07, 6.45) is 1.66. The largest absolute Gasteiger partial charge is 0.393 e. The molecule has 1 aliphatic rings. The highest BCUT2D eigenvalue weighted by atomic mass is 16.3. The fourth-order valence-corrected chi connectivity index (χ4v) is 1.87. The number of nitrogens with one attached hydrogen (secondary N) is 1. The average Bonchev–Trinajstić information content (AvgIpc) is 1.54. The van der Waals surface area contributed by atoms with Gasteiger partial charge in [0.1, 0.15) is 0 Å². The molecule has 10 heavy (non-hydrogen) atoms. The van der Waals surface area contributed by atoms with Crippen molar-refractivity contribution in [2.24, 2.45) is 0 Å². The fraction of sp³-hybridized carbons (Fsp3) is 1.00. The number of piperidine rings is 1. The SMILES string of the molecule is C[C@@H]1C[C@H](O)CC(C)(C)N1. The fourth-order valence-electron chi connectivity index (χ4n) is 1.87. The van der Waals surface area contributed by atoms with Gasteiger partial charge in [-0.05, 0) is 33.6 Å². The van der Waals surface area contributed by atoms with Gasteiger partial charge in [-0.3, -0.25) is 0 Å². The van der Waals surface area contributed by atoms with E-state index in [4.69, 9.17) is 0 Å². The summed E-state index contributed by atoms with van der Waals surface area (Å²) >= 11 is 0. The second-order valence-corrected chi connectivity index (χ2v) is 4.02. The van der Waals surface area contributed by atoms with Gasteiger partial charge in [-0.1, -0.05) is 0 Å². The molecule has 1 aliphatic heterocycles. The first-order chi connectivity index (χ1) is 4.49. The van der Waals surface area contributed by atoms with Crippen LogP contribution in [0.1, 0.15) is 33.6 Å². The molecule has 0 amide bonds. The summed E-state index contributed by atoms with van der Waals surface area (Å²) < 4.78 is 0. The Labute approximate surface area is 62.6 Å². The van der Waals surface area contributed by atoms with E-state index in [1.165, 1.54) is 0 Å². The molecular formula is C8H17NO. The molecule has 0 spiro atoms. The van der Waals surface area contributed by atoms with E-state index in [-0.39, 0.29) is 11.6 Å². The zero-order valence-electron chi connectivity index (χ0n) is 7.02. The summed E-state index contributed by atoms with van der Waals surface area (Å²) in [5.74, 6) is 0. The zero-order valence-corrected chi connectivity index (χ0v) is 7.02. The van der Waals surface area contributed by atoms with E-state index in [2.05, 4.69) is 26.1 Å². The lowest BCUT2D eigenvalue weighted by Crippen LogP contribution is -2.52. The average molecular weight is 143 g/mol. The molecule has 1 rings (SSSR count). The zero-order chi connectivity index (χ0) is 7.78. The number of rotatable bonds is 0. The van der Waals surface area contributed by atoms with E-state index in [0.29, 0.717) is 6.04 Å². The van der Waals surface area contributed by atoms with Gasteiger partial charge in [0.2, 0.25) is 0 Å². The minimum absolute atomic E-state index is 0.105. The Balaban J connectivity index is 2.51. The molecule has 2 N–H and O–H groups in total. The van der Waals surface area contributed by atoms with Crippen molar-refractivity contribution in [2.75, 3.05) is 0 Å². The first-order valence-corrected chi connectivity index (χ1v) is 3.95. The van der Waals surface area contributed by atoms with Gasteiger partial charge in [0.15, 0.2) is 0 Å². The minimum atomic E-state index is -0.105. The molecule has 2 heteroatoms. The van der Waals surface area contributed by atoms with Crippen LogP contribution in [-0.4, -0.2) is 22.8 Å². The van der Waals surface area contributed by atoms with Crippen LogP contribution in [-0.2, 0) is 0 Å². The van der Waals surface area contributed by atoms with Gasteiger partial charge >= 0.3 is 0 Å². The maximum absolute atomic E-state index is 9.38. The van der Waals surface area contributed by atoms with Crippen LogP contribution in [0.15, 0.2) is 0 Å². The highest BCUT2D eigenvalue weighted by Crippen LogP contribution is 2.21. The molecule has 0 bridgehead atoms. The Kier molecular flexibility index (Phi) is 2.02. The number of aliphatic hydroxyl groups excluding tert-OH is 1. The Morgan fingerprint density at radius 1 is 1.50 bits per heavy atom. The van der Waals surface area contributed by atoms with Gasteiger partial charge in [-0.15, -0.1) is 0 Å². The van der Waals surface area contributed by atoms with E-state index in [1.54, 1.807) is 0 Å². The smallest absolute Gasteiger partial charge is 0.0572 e. The molecule has 0 radical (unpaired) electrons. The summed E-state index contributed by atoms with van der Waals surface area (Å²) in [4.78, 5) is 0. The summed E-state index contributed by atoms with van der Waals surface area (Å²) in [6, 6.07) is 0.457. The van der Waals surface area contributed by atoms with Gasteiger partial charge in [0, 0.05) is 11.6 Å². The lowest BCUT2D eigenvalue weighted by molar-refractivity contribution is 0.0711. The van der Waals surface area contributed by atoms with Crippen molar-refractivity contribution in [3.63, 3.8) is 0 Å². The molecule has 1 heterocycles. The first-order valence-electron chi connectivity index (χ1n) is 3.95. The maximum Gasteiger partial charge on any atom is 0.0572 e. The standard InChI is InChI=1S/C8H17NO/c1-6-4-7(10)5-8(2,3)9-6/h6-7,9-10H,4-5H2,1-3H3/t6-,7+/m1/s1. The van der Waals surface area contributed by atoms with Crippen molar-refractivity contribution >= 4 is 0 Å². The Hall–Kier alpha value is -0.0800. The van der Waals surface area contributed by atoms with Crippen molar-refractivity contribution in [3.8, 4) is 0 Å². The van der Waals surface area contributed by atoms with Crippen LogP contribution in [0.3, 0.4) is 0 Å². The van der Waals surface area contributed by atoms with Crippen molar-refractivity contribution in [1.29, 1.82) is 0 Å². The summed E-state index contributed by atoms with van der Waals surface area (Å²) in [5.41, 5.74) is 0.122. The van der Waals surface area contributed by atoms with E-state index < -0.39 is 0 Å². The van der Waals surface area contributed by atoms with Gasteiger partial charge in [0.25, 0.3) is 0 Å². The van der Waals surface area contributed by atoms with Crippen LogP contribution < -0.4 is 5.32 Å². The minimum Gasteiger partial charge on any atom is -0.393 e. The second-order valence-electron chi connectivity index (χ2n) is 4.02. The predicted octanol–water partition coefficient (Wildman–Crippen LogP) is 0.898. The molecule has 60 valence electrons. The third-order valence-corrected chi connectivity index (χ3v) is 2.01. The lowest BCUT2D eigenvalue weighted by atomic mass is 9.88. The normalized spacial score (nSPS) is 39.6. The summed E-state index contributed by atoms with van der Waals surface area (Å²) in [5, 5.41) is 12.8. The highest BCUT2D eigenvalue weighted by molar-refractivity contribution is 4.89. The molecule has 0 aromatic carbocycles. The molecule has 1 fully saturated rings. The number of aliphatic hydroxyl groups is 1. The quantitative estimate of drug-likeness (QED) is 0.528. The van der Waals surface area contributed by atoms with Gasteiger partial charge in [-0.2, -0.15) is 0 Å². The van der Waals surface area contributed by atoms with E-state index in [0.717, 1.165) is 12.8 Å².